The third kappa shape index (κ3) is 8.00. The summed E-state index contributed by atoms with van der Waals surface area (Å²) in [6, 6.07) is 36.4. The minimum atomic E-state index is -0.751. The van der Waals surface area contributed by atoms with Crippen LogP contribution in [0, 0.1) is 0 Å². The van der Waals surface area contributed by atoms with Crippen molar-refractivity contribution in [3.63, 3.8) is 0 Å². The van der Waals surface area contributed by atoms with Gasteiger partial charge in [-0.15, -0.1) is 0 Å². The summed E-state index contributed by atoms with van der Waals surface area (Å²) in [5.74, 6) is -0.521. The van der Waals surface area contributed by atoms with E-state index in [2.05, 4.69) is 0 Å². The number of ether oxygens (including phenoxy) is 6. The van der Waals surface area contributed by atoms with E-state index in [0.717, 1.165) is 16.7 Å². The van der Waals surface area contributed by atoms with Crippen LogP contribution in [-0.2, 0) is 24.6 Å². The first kappa shape index (κ1) is 30.7. The van der Waals surface area contributed by atoms with Gasteiger partial charge in [0.15, 0.2) is 11.5 Å². The van der Waals surface area contributed by atoms with Crippen LogP contribution in [-0.4, -0.2) is 26.2 Å². The van der Waals surface area contributed by atoms with Gasteiger partial charge in [-0.3, -0.25) is 0 Å². The highest BCUT2D eigenvalue weighted by molar-refractivity contribution is 5.97. The van der Waals surface area contributed by atoms with Gasteiger partial charge in [-0.1, -0.05) is 91.0 Å². The Morgan fingerprint density at radius 1 is 0.511 bits per heavy atom. The van der Waals surface area contributed by atoms with E-state index in [1.165, 1.54) is 20.3 Å². The van der Waals surface area contributed by atoms with Crippen LogP contribution in [0.15, 0.2) is 121 Å². The molecule has 0 aliphatic rings. The number of rotatable bonds is 13. The summed E-state index contributed by atoms with van der Waals surface area (Å²) in [6.45, 7) is 0.587. The minimum absolute atomic E-state index is 0.00578. The quantitative estimate of drug-likeness (QED) is 0.101. The van der Waals surface area contributed by atoms with Crippen LogP contribution in [0.2, 0.25) is 0 Å². The van der Waals surface area contributed by atoms with Gasteiger partial charge in [0.2, 0.25) is 5.75 Å². The molecule has 0 aliphatic heterocycles. The van der Waals surface area contributed by atoms with E-state index < -0.39 is 11.9 Å². The minimum Gasteiger partial charge on any atom is -0.496 e. The fourth-order valence-corrected chi connectivity index (χ4v) is 4.47. The van der Waals surface area contributed by atoms with E-state index in [1.807, 2.05) is 91.0 Å². The molecule has 8 heteroatoms. The van der Waals surface area contributed by atoms with Crippen LogP contribution in [0.3, 0.4) is 0 Å². The molecular weight excluding hydrogens is 572 g/mol. The van der Waals surface area contributed by atoms with Crippen molar-refractivity contribution in [1.29, 1.82) is 0 Å². The molecule has 228 valence electrons. The number of esters is 2. The van der Waals surface area contributed by atoms with Gasteiger partial charge in [0, 0.05) is 6.07 Å². The second kappa shape index (κ2) is 15.1. The Morgan fingerprint density at radius 3 is 1.64 bits per heavy atom. The Morgan fingerprint density at radius 2 is 1.07 bits per heavy atom. The van der Waals surface area contributed by atoms with Crippen LogP contribution < -0.4 is 23.7 Å². The predicted octanol–water partition coefficient (Wildman–Crippen LogP) is 7.44. The number of carbonyl (C=O) groups is 2. The topological polar surface area (TPSA) is 89.5 Å². The van der Waals surface area contributed by atoms with Crippen molar-refractivity contribution >= 4 is 11.9 Å². The number of carbonyl (C=O) groups excluding carboxylic acids is 2. The van der Waals surface area contributed by atoms with Crippen LogP contribution in [0.5, 0.6) is 28.7 Å². The summed E-state index contributed by atoms with van der Waals surface area (Å²) in [5.41, 5.74) is 2.92. The van der Waals surface area contributed by atoms with Crippen molar-refractivity contribution < 1.29 is 38.0 Å². The monoisotopic (exact) mass is 604 g/mol. The highest BCUT2D eigenvalue weighted by Gasteiger charge is 2.26. The molecule has 0 amide bonds. The fraction of sp³-hybridized carbons (Fsp3) is 0.135. The summed E-state index contributed by atoms with van der Waals surface area (Å²) < 4.78 is 34.5. The molecule has 0 saturated carbocycles. The maximum absolute atomic E-state index is 13.6. The number of hydrogen-bond acceptors (Lipinski definition) is 8. The lowest BCUT2D eigenvalue weighted by molar-refractivity contribution is 0.0466. The van der Waals surface area contributed by atoms with Crippen molar-refractivity contribution in [1.82, 2.24) is 0 Å². The number of hydrogen-bond donors (Lipinski definition) is 0. The lowest BCUT2D eigenvalue weighted by Crippen LogP contribution is -2.14. The molecule has 0 atom stereocenters. The zero-order valence-electron chi connectivity index (χ0n) is 24.9. The smallest absolute Gasteiger partial charge is 0.347 e. The molecule has 0 bridgehead atoms. The third-order valence-corrected chi connectivity index (χ3v) is 6.79. The molecular formula is C37H32O8. The maximum atomic E-state index is 13.6. The van der Waals surface area contributed by atoms with E-state index >= 15 is 0 Å². The second-order valence-corrected chi connectivity index (χ2v) is 9.84. The third-order valence-electron chi connectivity index (χ3n) is 6.79. The largest absolute Gasteiger partial charge is 0.496 e. The van der Waals surface area contributed by atoms with Crippen LogP contribution in [0.4, 0.5) is 0 Å². The van der Waals surface area contributed by atoms with Gasteiger partial charge in [-0.05, 0) is 41.0 Å². The van der Waals surface area contributed by atoms with Crippen LogP contribution >= 0.6 is 0 Å². The van der Waals surface area contributed by atoms with E-state index in [9.17, 15) is 9.59 Å². The van der Waals surface area contributed by atoms with Crippen molar-refractivity contribution in [2.75, 3.05) is 14.2 Å². The standard InChI is InChI=1S/C37H32O8/c1-40-33-22-29(42-23-26-12-6-3-7-13-26)18-19-30(33)37(39)45-35-32(43-24-27-14-8-4-9-15-27)21-20-31(34(35)41-2)36(38)44-25-28-16-10-5-11-17-28/h3-22H,23-25H2,1-2H3. The number of methoxy groups -OCH3 is 2. The lowest BCUT2D eigenvalue weighted by Gasteiger charge is -2.18. The Hall–Kier alpha value is -5.76. The van der Waals surface area contributed by atoms with Crippen molar-refractivity contribution in [3.05, 3.63) is 149 Å². The zero-order chi connectivity index (χ0) is 31.4. The highest BCUT2D eigenvalue weighted by atomic mass is 16.6. The van der Waals surface area contributed by atoms with E-state index in [-0.39, 0.29) is 47.3 Å². The summed E-state index contributed by atoms with van der Waals surface area (Å²) in [5, 5.41) is 0. The average Bonchev–Trinajstić information content (AvgIpc) is 3.10. The molecule has 45 heavy (non-hydrogen) atoms. The molecule has 0 radical (unpaired) electrons. The normalized spacial score (nSPS) is 10.4. The van der Waals surface area contributed by atoms with Gasteiger partial charge in [-0.25, -0.2) is 9.59 Å². The van der Waals surface area contributed by atoms with Crippen LogP contribution in [0.1, 0.15) is 37.4 Å². The molecule has 0 unspecified atom stereocenters. The SMILES string of the molecule is COc1cc(OCc2ccccc2)ccc1C(=O)Oc1c(OCc2ccccc2)ccc(C(=O)OCc2ccccc2)c1OC. The molecule has 0 N–H and O–H groups in total. The molecule has 8 nitrogen and oxygen atoms in total. The summed E-state index contributed by atoms with van der Waals surface area (Å²) >= 11 is 0. The summed E-state index contributed by atoms with van der Waals surface area (Å²) in [7, 11) is 2.83. The van der Waals surface area contributed by atoms with Gasteiger partial charge < -0.3 is 28.4 Å². The molecule has 5 rings (SSSR count). The molecule has 5 aromatic carbocycles. The summed E-state index contributed by atoms with van der Waals surface area (Å²) in [6.07, 6.45) is 0. The molecule has 0 spiro atoms. The molecule has 5 aromatic rings. The average molecular weight is 605 g/mol. The zero-order valence-corrected chi connectivity index (χ0v) is 24.9. The Bertz CT molecular complexity index is 1720. The fourth-order valence-electron chi connectivity index (χ4n) is 4.47. The Balaban J connectivity index is 1.41. The maximum Gasteiger partial charge on any atom is 0.347 e. The summed E-state index contributed by atoms with van der Waals surface area (Å²) in [4.78, 5) is 26.8. The Kier molecular flexibility index (Phi) is 10.3. The first-order chi connectivity index (χ1) is 22.1. The molecule has 0 saturated heterocycles. The Labute approximate surface area is 261 Å². The van der Waals surface area contributed by atoms with Crippen molar-refractivity contribution in [3.8, 4) is 28.7 Å². The van der Waals surface area contributed by atoms with E-state index in [4.69, 9.17) is 28.4 Å². The first-order valence-electron chi connectivity index (χ1n) is 14.2. The van der Waals surface area contributed by atoms with Crippen molar-refractivity contribution in [2.45, 2.75) is 19.8 Å². The second-order valence-electron chi connectivity index (χ2n) is 9.84. The van der Waals surface area contributed by atoms with E-state index in [0.29, 0.717) is 12.4 Å². The predicted molar refractivity (Wildman–Crippen MR) is 168 cm³/mol. The van der Waals surface area contributed by atoms with Crippen molar-refractivity contribution in [2.24, 2.45) is 0 Å². The molecule has 0 heterocycles. The van der Waals surface area contributed by atoms with Crippen LogP contribution in [0.25, 0.3) is 0 Å². The van der Waals surface area contributed by atoms with Gasteiger partial charge in [0.05, 0.1) is 14.2 Å². The lowest BCUT2D eigenvalue weighted by atomic mass is 10.1. The molecule has 0 aromatic heterocycles. The molecule has 0 aliphatic carbocycles. The highest BCUT2D eigenvalue weighted by Crippen LogP contribution is 2.42. The van der Waals surface area contributed by atoms with Gasteiger partial charge in [-0.2, -0.15) is 0 Å². The van der Waals surface area contributed by atoms with Gasteiger partial charge in [0.1, 0.15) is 42.4 Å². The van der Waals surface area contributed by atoms with Gasteiger partial charge >= 0.3 is 11.9 Å². The van der Waals surface area contributed by atoms with Gasteiger partial charge in [0.25, 0.3) is 0 Å². The number of benzene rings is 5. The molecule has 0 fully saturated rings. The first-order valence-corrected chi connectivity index (χ1v) is 14.2. The van der Waals surface area contributed by atoms with E-state index in [1.54, 1.807) is 24.3 Å².